The first-order valence-corrected chi connectivity index (χ1v) is 19.2. The quantitative estimate of drug-likeness (QED) is 0.159. The van der Waals surface area contributed by atoms with Gasteiger partial charge in [0.1, 0.15) is 16.7 Å². The van der Waals surface area contributed by atoms with Crippen molar-refractivity contribution in [2.24, 2.45) is 0 Å². The van der Waals surface area contributed by atoms with Gasteiger partial charge in [0.05, 0.1) is 28.1 Å². The SMILES string of the molecule is c1ccc(N(c2cccc3c2oc2ccccc23)c2c3ccccc3c(N(c3ccccc3)c3cccc4c3oc3ccccc34)c3c2oc2ccccc23)cc1. The third-order valence-electron chi connectivity index (χ3n) is 11.2. The molecule has 3 heterocycles. The molecule has 9 aromatic carbocycles. The Morgan fingerprint density at radius 2 is 0.632 bits per heavy atom. The fourth-order valence-electron chi connectivity index (χ4n) is 8.80. The molecule has 0 radical (unpaired) electrons. The normalized spacial score (nSPS) is 11.9. The molecule has 5 nitrogen and oxygen atoms in total. The lowest BCUT2D eigenvalue weighted by atomic mass is 9.97. The van der Waals surface area contributed by atoms with Crippen molar-refractivity contribution in [3.8, 4) is 0 Å². The second kappa shape index (κ2) is 12.4. The number of nitrogens with zero attached hydrogens (tertiary/aromatic N) is 2. The Hall–Kier alpha value is -7.76. The lowest BCUT2D eigenvalue weighted by Gasteiger charge is -2.31. The fourth-order valence-corrected chi connectivity index (χ4v) is 8.80. The van der Waals surface area contributed by atoms with Gasteiger partial charge in [-0.3, -0.25) is 0 Å². The van der Waals surface area contributed by atoms with Crippen LogP contribution in [0.5, 0.6) is 0 Å². The molecule has 0 atom stereocenters. The first-order valence-electron chi connectivity index (χ1n) is 19.2. The van der Waals surface area contributed by atoms with Crippen molar-refractivity contribution in [2.75, 3.05) is 9.80 Å². The van der Waals surface area contributed by atoms with Crippen LogP contribution in [0.3, 0.4) is 0 Å². The summed E-state index contributed by atoms with van der Waals surface area (Å²) in [4.78, 5) is 4.67. The van der Waals surface area contributed by atoms with Gasteiger partial charge in [0.2, 0.25) is 0 Å². The molecule has 0 bridgehead atoms. The number of rotatable bonds is 6. The third kappa shape index (κ3) is 4.69. The van der Waals surface area contributed by atoms with Crippen LogP contribution in [0.25, 0.3) is 76.6 Å². The van der Waals surface area contributed by atoms with Gasteiger partial charge in [-0.2, -0.15) is 0 Å². The van der Waals surface area contributed by atoms with Gasteiger partial charge < -0.3 is 23.1 Å². The molecule has 3 aromatic heterocycles. The molecule has 12 rings (SSSR count). The highest BCUT2D eigenvalue weighted by molar-refractivity contribution is 6.29. The van der Waals surface area contributed by atoms with Crippen molar-refractivity contribution < 1.29 is 13.3 Å². The third-order valence-corrected chi connectivity index (χ3v) is 11.2. The van der Waals surface area contributed by atoms with Crippen LogP contribution in [0, 0.1) is 0 Å². The molecule has 0 aliphatic rings. The zero-order valence-corrected chi connectivity index (χ0v) is 30.6. The van der Waals surface area contributed by atoms with E-state index in [1.807, 2.05) is 30.3 Å². The van der Waals surface area contributed by atoms with E-state index in [0.29, 0.717) is 0 Å². The Balaban J connectivity index is 1.25. The number of anilines is 6. The number of furan rings is 3. The monoisotopic (exact) mass is 732 g/mol. The molecule has 0 spiro atoms. The maximum Gasteiger partial charge on any atom is 0.162 e. The molecule has 5 heteroatoms. The minimum atomic E-state index is 0.763. The van der Waals surface area contributed by atoms with E-state index >= 15 is 0 Å². The van der Waals surface area contributed by atoms with Crippen molar-refractivity contribution >= 4 is 111 Å². The molecule has 0 unspecified atom stereocenters. The molecule has 0 fully saturated rings. The van der Waals surface area contributed by atoms with Gasteiger partial charge in [0.25, 0.3) is 0 Å². The summed E-state index contributed by atoms with van der Waals surface area (Å²) in [6, 6.07) is 67.5. The zero-order chi connectivity index (χ0) is 37.5. The average molecular weight is 733 g/mol. The fraction of sp³-hybridized carbons (Fsp3) is 0. The molecule has 0 saturated heterocycles. The topological polar surface area (TPSA) is 45.9 Å². The number of hydrogen-bond acceptors (Lipinski definition) is 5. The molecular weight excluding hydrogens is 701 g/mol. The van der Waals surface area contributed by atoms with Crippen LogP contribution >= 0.6 is 0 Å². The lowest BCUT2D eigenvalue weighted by Crippen LogP contribution is -2.14. The Bertz CT molecular complexity index is 3490. The van der Waals surface area contributed by atoms with Gasteiger partial charge in [0, 0.05) is 49.1 Å². The van der Waals surface area contributed by atoms with Crippen molar-refractivity contribution in [1.29, 1.82) is 0 Å². The zero-order valence-electron chi connectivity index (χ0n) is 30.6. The Kier molecular flexibility index (Phi) is 6.86. The molecule has 0 aliphatic heterocycles. The molecule has 0 N–H and O–H groups in total. The number of hydrogen-bond donors (Lipinski definition) is 0. The smallest absolute Gasteiger partial charge is 0.162 e. The van der Waals surface area contributed by atoms with E-state index in [1.54, 1.807) is 0 Å². The molecule has 0 saturated carbocycles. The van der Waals surface area contributed by atoms with Crippen LogP contribution < -0.4 is 9.80 Å². The first kappa shape index (κ1) is 31.6. The molecule has 0 amide bonds. The highest BCUT2D eigenvalue weighted by Gasteiger charge is 2.31. The van der Waals surface area contributed by atoms with Gasteiger partial charge in [-0.05, 0) is 54.6 Å². The molecule has 0 aliphatic carbocycles. The van der Waals surface area contributed by atoms with Gasteiger partial charge >= 0.3 is 0 Å². The minimum absolute atomic E-state index is 0.763. The van der Waals surface area contributed by atoms with Gasteiger partial charge in [-0.15, -0.1) is 0 Å². The van der Waals surface area contributed by atoms with Gasteiger partial charge in [-0.25, -0.2) is 0 Å². The molecule has 268 valence electrons. The van der Waals surface area contributed by atoms with Crippen LogP contribution in [0.2, 0.25) is 0 Å². The predicted molar refractivity (Wildman–Crippen MR) is 235 cm³/mol. The standard InChI is InChI=1S/C52H32N2O3/c1-3-17-33(18-4-1)53(42-28-15-26-39-35-21-9-12-30-44(35)55-50(39)42)48-37-23-7-8-24-38(37)49(52-47(48)41-25-11-14-32-46(41)57-52)54(34-19-5-2-6-20-34)43-29-16-27-40-36-22-10-13-31-45(36)56-51(40)43/h1-32H. The summed E-state index contributed by atoms with van der Waals surface area (Å²) >= 11 is 0. The number of para-hydroxylation sites is 7. The van der Waals surface area contributed by atoms with E-state index < -0.39 is 0 Å². The lowest BCUT2D eigenvalue weighted by molar-refractivity contribution is 0.666. The van der Waals surface area contributed by atoms with Crippen LogP contribution in [0.15, 0.2) is 207 Å². The van der Waals surface area contributed by atoms with Gasteiger partial charge in [0.15, 0.2) is 16.7 Å². The van der Waals surface area contributed by atoms with Crippen LogP contribution in [0.1, 0.15) is 0 Å². The summed E-state index contributed by atoms with van der Waals surface area (Å²) in [6.07, 6.45) is 0. The van der Waals surface area contributed by atoms with Crippen LogP contribution in [-0.2, 0) is 0 Å². The van der Waals surface area contributed by atoms with Gasteiger partial charge in [-0.1, -0.05) is 140 Å². The van der Waals surface area contributed by atoms with Crippen molar-refractivity contribution in [1.82, 2.24) is 0 Å². The van der Waals surface area contributed by atoms with E-state index in [-0.39, 0.29) is 0 Å². The molecule has 12 aromatic rings. The maximum atomic E-state index is 7.16. The van der Waals surface area contributed by atoms with Crippen molar-refractivity contribution in [3.63, 3.8) is 0 Å². The second-order valence-electron chi connectivity index (χ2n) is 14.4. The molecule has 57 heavy (non-hydrogen) atoms. The molecular formula is C52H32N2O3. The van der Waals surface area contributed by atoms with E-state index in [1.165, 1.54) is 0 Å². The summed E-state index contributed by atoms with van der Waals surface area (Å²) in [7, 11) is 0. The first-order chi connectivity index (χ1) is 28.3. The average Bonchev–Trinajstić information content (AvgIpc) is 3.98. The number of benzene rings is 9. The van der Waals surface area contributed by atoms with Crippen molar-refractivity contribution in [3.05, 3.63) is 194 Å². The highest BCUT2D eigenvalue weighted by Crippen LogP contribution is 2.55. The summed E-state index contributed by atoms with van der Waals surface area (Å²) in [5, 5.41) is 8.37. The predicted octanol–water partition coefficient (Wildman–Crippen LogP) is 15.5. The van der Waals surface area contributed by atoms with E-state index in [2.05, 4.69) is 174 Å². The summed E-state index contributed by atoms with van der Waals surface area (Å²) < 4.78 is 20.7. The second-order valence-corrected chi connectivity index (χ2v) is 14.4. The van der Waals surface area contributed by atoms with E-state index in [0.717, 1.165) is 111 Å². The van der Waals surface area contributed by atoms with Crippen LogP contribution in [0.4, 0.5) is 34.1 Å². The van der Waals surface area contributed by atoms with Crippen molar-refractivity contribution in [2.45, 2.75) is 0 Å². The maximum absolute atomic E-state index is 7.16. The Labute approximate surface area is 326 Å². The summed E-state index contributed by atoms with van der Waals surface area (Å²) in [5.74, 6) is 0. The highest BCUT2D eigenvalue weighted by atomic mass is 16.3. The Morgan fingerprint density at radius 1 is 0.263 bits per heavy atom. The van der Waals surface area contributed by atoms with Crippen LogP contribution in [-0.4, -0.2) is 0 Å². The van der Waals surface area contributed by atoms with E-state index in [4.69, 9.17) is 13.3 Å². The number of fused-ring (bicyclic) bond motifs is 10. The largest absolute Gasteiger partial charge is 0.454 e. The summed E-state index contributed by atoms with van der Waals surface area (Å²) in [5.41, 5.74) is 10.7. The van der Waals surface area contributed by atoms with E-state index in [9.17, 15) is 0 Å². The Morgan fingerprint density at radius 3 is 1.16 bits per heavy atom. The minimum Gasteiger partial charge on any atom is -0.454 e. The summed E-state index contributed by atoms with van der Waals surface area (Å²) in [6.45, 7) is 0.